The monoisotopic (exact) mass is 338 g/mol. The Morgan fingerprint density at radius 2 is 1.84 bits per heavy atom. The molecule has 25 heavy (non-hydrogen) atoms. The number of carbonyl (C=O) groups is 1. The molecule has 2 aromatic carbocycles. The summed E-state index contributed by atoms with van der Waals surface area (Å²) in [5.74, 6) is 1.08. The molecule has 2 aromatic rings. The molecular formula is C21H26N2O2. The minimum absolute atomic E-state index is 0.162. The Morgan fingerprint density at radius 3 is 2.52 bits per heavy atom. The molecule has 0 bridgehead atoms. The van der Waals surface area contributed by atoms with Crippen LogP contribution in [0.4, 0.5) is 0 Å². The summed E-state index contributed by atoms with van der Waals surface area (Å²) in [6.07, 6.45) is 2.59. The number of ether oxygens (including phenoxy) is 1. The zero-order chi connectivity index (χ0) is 17.5. The molecule has 4 nitrogen and oxygen atoms in total. The molecular weight excluding hydrogens is 312 g/mol. The molecule has 1 saturated heterocycles. The van der Waals surface area contributed by atoms with Gasteiger partial charge in [0.1, 0.15) is 5.75 Å². The summed E-state index contributed by atoms with van der Waals surface area (Å²) in [7, 11) is 1.69. The highest BCUT2D eigenvalue weighted by Crippen LogP contribution is 2.28. The van der Waals surface area contributed by atoms with E-state index in [9.17, 15) is 4.79 Å². The van der Waals surface area contributed by atoms with Crippen molar-refractivity contribution >= 4 is 5.91 Å². The summed E-state index contributed by atoms with van der Waals surface area (Å²) in [4.78, 5) is 12.7. The van der Waals surface area contributed by atoms with Crippen molar-refractivity contribution in [2.24, 2.45) is 5.41 Å². The van der Waals surface area contributed by atoms with Crippen LogP contribution in [-0.4, -0.2) is 32.7 Å². The first kappa shape index (κ1) is 17.5. The van der Waals surface area contributed by atoms with E-state index < -0.39 is 0 Å². The van der Waals surface area contributed by atoms with Crippen LogP contribution in [0.25, 0.3) is 0 Å². The van der Waals surface area contributed by atoms with Crippen LogP contribution in [0.2, 0.25) is 0 Å². The number of methoxy groups -OCH3 is 1. The van der Waals surface area contributed by atoms with Crippen molar-refractivity contribution in [3.05, 3.63) is 65.7 Å². The van der Waals surface area contributed by atoms with Crippen molar-refractivity contribution in [2.75, 3.05) is 26.7 Å². The van der Waals surface area contributed by atoms with Crippen LogP contribution in [0.5, 0.6) is 5.75 Å². The number of hydrogen-bond donors (Lipinski definition) is 2. The third-order valence-corrected chi connectivity index (χ3v) is 4.89. The first-order valence-corrected chi connectivity index (χ1v) is 8.88. The number of benzene rings is 2. The molecule has 3 rings (SSSR count). The molecule has 0 aliphatic carbocycles. The average Bonchev–Trinajstić information content (AvgIpc) is 2.62. The third kappa shape index (κ3) is 4.20. The zero-order valence-corrected chi connectivity index (χ0v) is 14.8. The van der Waals surface area contributed by atoms with Crippen LogP contribution in [0.1, 0.15) is 17.5 Å². The van der Waals surface area contributed by atoms with Gasteiger partial charge in [0.2, 0.25) is 5.91 Å². The highest BCUT2D eigenvalue weighted by molar-refractivity contribution is 5.84. The van der Waals surface area contributed by atoms with Crippen molar-refractivity contribution in [2.45, 2.75) is 19.3 Å². The Morgan fingerprint density at radius 1 is 1.12 bits per heavy atom. The fourth-order valence-corrected chi connectivity index (χ4v) is 3.36. The molecule has 1 heterocycles. The topological polar surface area (TPSA) is 50.4 Å². The normalized spacial score (nSPS) is 15.2. The standard InChI is InChI=1S/C21H26N2O2/c1-25-19-12-6-5-10-18(19)11-7-13-23-20(24)21(15-22-16-21)14-17-8-3-2-4-9-17/h2-6,8-10,12,22H,7,11,13-16H2,1H3,(H,23,24). The molecule has 4 heteroatoms. The van der Waals surface area contributed by atoms with Crippen LogP contribution in [0.3, 0.4) is 0 Å². The maximum absolute atomic E-state index is 12.7. The van der Waals surface area contributed by atoms with Gasteiger partial charge in [-0.15, -0.1) is 0 Å². The van der Waals surface area contributed by atoms with Crippen LogP contribution < -0.4 is 15.4 Å². The van der Waals surface area contributed by atoms with E-state index in [1.165, 1.54) is 11.1 Å². The SMILES string of the molecule is COc1ccccc1CCCNC(=O)C1(Cc2ccccc2)CNC1. The summed E-state index contributed by atoms with van der Waals surface area (Å²) in [5, 5.41) is 6.39. The van der Waals surface area contributed by atoms with Gasteiger partial charge in [0.05, 0.1) is 12.5 Å². The fraction of sp³-hybridized carbons (Fsp3) is 0.381. The van der Waals surface area contributed by atoms with E-state index in [1.54, 1.807) is 7.11 Å². The number of carbonyl (C=O) groups excluding carboxylic acids is 1. The maximum atomic E-state index is 12.7. The van der Waals surface area contributed by atoms with Gasteiger partial charge in [0.15, 0.2) is 0 Å². The summed E-state index contributed by atoms with van der Waals surface area (Å²) in [6.45, 7) is 2.19. The predicted molar refractivity (Wildman–Crippen MR) is 99.8 cm³/mol. The number of para-hydroxylation sites is 1. The Balaban J connectivity index is 1.50. The number of hydrogen-bond acceptors (Lipinski definition) is 3. The molecule has 0 unspecified atom stereocenters. The van der Waals surface area contributed by atoms with E-state index in [1.807, 2.05) is 36.4 Å². The largest absolute Gasteiger partial charge is 0.496 e. The Hall–Kier alpha value is -2.33. The van der Waals surface area contributed by atoms with E-state index in [0.29, 0.717) is 6.54 Å². The lowest BCUT2D eigenvalue weighted by Gasteiger charge is -2.41. The third-order valence-electron chi connectivity index (χ3n) is 4.89. The van der Waals surface area contributed by atoms with Gasteiger partial charge in [-0.2, -0.15) is 0 Å². The Bertz CT molecular complexity index is 696. The van der Waals surface area contributed by atoms with E-state index in [-0.39, 0.29) is 11.3 Å². The lowest BCUT2D eigenvalue weighted by Crippen LogP contribution is -2.62. The molecule has 0 spiro atoms. The molecule has 0 atom stereocenters. The second-order valence-corrected chi connectivity index (χ2v) is 6.72. The number of aryl methyl sites for hydroxylation is 1. The second kappa shape index (κ2) is 8.17. The van der Waals surface area contributed by atoms with Gasteiger partial charge in [-0.05, 0) is 36.5 Å². The Labute approximate surface area is 149 Å². The van der Waals surface area contributed by atoms with Crippen molar-refractivity contribution in [3.63, 3.8) is 0 Å². The summed E-state index contributed by atoms with van der Waals surface area (Å²) < 4.78 is 5.38. The second-order valence-electron chi connectivity index (χ2n) is 6.72. The van der Waals surface area contributed by atoms with Crippen LogP contribution >= 0.6 is 0 Å². The van der Waals surface area contributed by atoms with E-state index in [2.05, 4.69) is 28.8 Å². The van der Waals surface area contributed by atoms with Gasteiger partial charge in [-0.1, -0.05) is 48.5 Å². The van der Waals surface area contributed by atoms with E-state index in [0.717, 1.165) is 38.1 Å². The van der Waals surface area contributed by atoms with E-state index >= 15 is 0 Å². The zero-order valence-electron chi connectivity index (χ0n) is 14.8. The smallest absolute Gasteiger partial charge is 0.229 e. The first-order chi connectivity index (χ1) is 12.2. The van der Waals surface area contributed by atoms with Gasteiger partial charge < -0.3 is 15.4 Å². The fourth-order valence-electron chi connectivity index (χ4n) is 3.36. The van der Waals surface area contributed by atoms with Gasteiger partial charge in [0, 0.05) is 19.6 Å². The highest BCUT2D eigenvalue weighted by Gasteiger charge is 2.43. The highest BCUT2D eigenvalue weighted by atomic mass is 16.5. The average molecular weight is 338 g/mol. The van der Waals surface area contributed by atoms with E-state index in [4.69, 9.17) is 4.74 Å². The summed E-state index contributed by atoms with van der Waals surface area (Å²) >= 11 is 0. The predicted octanol–water partition coefficient (Wildman–Crippen LogP) is 2.58. The van der Waals surface area contributed by atoms with Gasteiger partial charge in [-0.25, -0.2) is 0 Å². The molecule has 0 aromatic heterocycles. The minimum atomic E-state index is -0.300. The Kier molecular flexibility index (Phi) is 5.71. The summed E-state index contributed by atoms with van der Waals surface area (Å²) in [6, 6.07) is 18.3. The molecule has 0 radical (unpaired) electrons. The lowest BCUT2D eigenvalue weighted by atomic mass is 9.75. The van der Waals surface area contributed by atoms with Crippen LogP contribution in [-0.2, 0) is 17.6 Å². The van der Waals surface area contributed by atoms with Crippen molar-refractivity contribution in [1.29, 1.82) is 0 Å². The molecule has 2 N–H and O–H groups in total. The molecule has 1 amide bonds. The summed E-state index contributed by atoms with van der Waals surface area (Å²) in [5.41, 5.74) is 2.10. The number of rotatable bonds is 8. The minimum Gasteiger partial charge on any atom is -0.496 e. The maximum Gasteiger partial charge on any atom is 0.229 e. The lowest BCUT2D eigenvalue weighted by molar-refractivity contribution is -0.133. The molecule has 1 aliphatic rings. The number of amides is 1. The first-order valence-electron chi connectivity index (χ1n) is 8.88. The quantitative estimate of drug-likeness (QED) is 0.728. The molecule has 1 fully saturated rings. The van der Waals surface area contributed by atoms with Gasteiger partial charge in [0.25, 0.3) is 0 Å². The van der Waals surface area contributed by atoms with Crippen LogP contribution in [0, 0.1) is 5.41 Å². The van der Waals surface area contributed by atoms with Crippen molar-refractivity contribution < 1.29 is 9.53 Å². The van der Waals surface area contributed by atoms with Crippen molar-refractivity contribution in [1.82, 2.24) is 10.6 Å². The number of nitrogens with one attached hydrogen (secondary N) is 2. The van der Waals surface area contributed by atoms with Crippen LogP contribution in [0.15, 0.2) is 54.6 Å². The van der Waals surface area contributed by atoms with Gasteiger partial charge >= 0.3 is 0 Å². The van der Waals surface area contributed by atoms with Gasteiger partial charge in [-0.3, -0.25) is 4.79 Å². The molecule has 1 aliphatic heterocycles. The van der Waals surface area contributed by atoms with Crippen molar-refractivity contribution in [3.8, 4) is 5.75 Å². The molecule has 132 valence electrons. The molecule has 0 saturated carbocycles.